The van der Waals surface area contributed by atoms with E-state index in [-0.39, 0.29) is 11.7 Å². The molecule has 1 heterocycles. The number of ether oxygens (including phenoxy) is 1. The summed E-state index contributed by atoms with van der Waals surface area (Å²) in [5, 5.41) is 1.19. The lowest BCUT2D eigenvalue weighted by atomic mass is 10.3. The molecule has 0 saturated heterocycles. The van der Waals surface area contributed by atoms with Gasteiger partial charge in [-0.05, 0) is 35.0 Å². The van der Waals surface area contributed by atoms with Gasteiger partial charge in [-0.15, -0.1) is 0 Å². The molecule has 0 N–H and O–H groups in total. The standard InChI is InChI=1S/C11H10BrNO3S/c1-8-7-17(14,15)11(13-8)6-16-10-5-3-2-4-9(10)12/h2-5,7H,6H2,1H3. The molecule has 90 valence electrons. The van der Waals surface area contributed by atoms with Gasteiger partial charge in [0.2, 0.25) is 9.84 Å². The molecule has 0 aromatic heterocycles. The summed E-state index contributed by atoms with van der Waals surface area (Å²) in [5.74, 6) is 0.593. The van der Waals surface area contributed by atoms with Crippen LogP contribution in [0.15, 0.2) is 44.8 Å². The van der Waals surface area contributed by atoms with E-state index in [0.717, 1.165) is 9.88 Å². The topological polar surface area (TPSA) is 55.7 Å². The molecule has 1 aromatic rings. The Morgan fingerprint density at radius 1 is 1.35 bits per heavy atom. The average molecular weight is 316 g/mol. The first-order valence-electron chi connectivity index (χ1n) is 4.87. The normalized spacial score (nSPS) is 17.5. The van der Waals surface area contributed by atoms with Crippen LogP contribution in [-0.2, 0) is 9.84 Å². The van der Waals surface area contributed by atoms with Crippen LogP contribution >= 0.6 is 15.9 Å². The molecule has 0 unspecified atom stereocenters. The van der Waals surface area contributed by atoms with Crippen LogP contribution in [0.3, 0.4) is 0 Å². The van der Waals surface area contributed by atoms with Gasteiger partial charge in [-0.1, -0.05) is 12.1 Å². The summed E-state index contributed by atoms with van der Waals surface area (Å²) in [6.45, 7) is 1.59. The smallest absolute Gasteiger partial charge is 0.218 e. The van der Waals surface area contributed by atoms with E-state index in [1.807, 2.05) is 18.2 Å². The van der Waals surface area contributed by atoms with E-state index in [1.54, 1.807) is 13.0 Å². The van der Waals surface area contributed by atoms with Gasteiger partial charge in [-0.2, -0.15) is 0 Å². The highest BCUT2D eigenvalue weighted by molar-refractivity contribution is 9.10. The summed E-state index contributed by atoms with van der Waals surface area (Å²) in [5.41, 5.74) is 0.482. The number of halogens is 1. The Morgan fingerprint density at radius 2 is 2.06 bits per heavy atom. The Bertz CT molecular complexity index is 605. The second-order valence-corrected chi connectivity index (χ2v) is 6.18. The number of sulfone groups is 1. The van der Waals surface area contributed by atoms with Crippen molar-refractivity contribution in [3.8, 4) is 5.75 Å². The predicted octanol–water partition coefficient (Wildman–Crippen LogP) is 2.52. The van der Waals surface area contributed by atoms with E-state index in [1.165, 1.54) is 0 Å². The molecule has 4 nitrogen and oxygen atoms in total. The lowest BCUT2D eigenvalue weighted by molar-refractivity contribution is 0.376. The zero-order valence-electron chi connectivity index (χ0n) is 9.05. The van der Waals surface area contributed by atoms with Crippen LogP contribution in [0.4, 0.5) is 0 Å². The summed E-state index contributed by atoms with van der Waals surface area (Å²) in [4.78, 5) is 3.94. The van der Waals surface area contributed by atoms with Crippen LogP contribution in [0.2, 0.25) is 0 Å². The second-order valence-electron chi connectivity index (χ2n) is 3.53. The van der Waals surface area contributed by atoms with Crippen LogP contribution in [-0.4, -0.2) is 20.1 Å². The predicted molar refractivity (Wildman–Crippen MR) is 69.7 cm³/mol. The number of aliphatic imine (C=N–C) groups is 1. The SMILES string of the molecule is CC1=CS(=O)(=O)C(COc2ccccc2Br)=N1. The maximum absolute atomic E-state index is 11.6. The van der Waals surface area contributed by atoms with Crippen molar-refractivity contribution in [1.82, 2.24) is 0 Å². The first-order chi connectivity index (χ1) is 7.99. The lowest BCUT2D eigenvalue weighted by Crippen LogP contribution is -2.17. The third-order valence-corrected chi connectivity index (χ3v) is 4.32. The first kappa shape index (κ1) is 12.3. The molecule has 1 aliphatic rings. The number of hydrogen-bond acceptors (Lipinski definition) is 4. The molecule has 6 heteroatoms. The number of allylic oxidation sites excluding steroid dienone is 1. The van der Waals surface area contributed by atoms with E-state index >= 15 is 0 Å². The van der Waals surface area contributed by atoms with Gasteiger partial charge in [0.05, 0.1) is 15.6 Å². The van der Waals surface area contributed by atoms with Gasteiger partial charge < -0.3 is 4.74 Å². The maximum atomic E-state index is 11.6. The monoisotopic (exact) mass is 315 g/mol. The first-order valence-corrected chi connectivity index (χ1v) is 7.21. The van der Waals surface area contributed by atoms with Gasteiger partial charge >= 0.3 is 0 Å². The minimum atomic E-state index is -3.37. The van der Waals surface area contributed by atoms with Crippen molar-refractivity contribution >= 4 is 30.8 Å². The Balaban J connectivity index is 2.11. The van der Waals surface area contributed by atoms with Gasteiger partial charge in [-0.25, -0.2) is 13.4 Å². The van der Waals surface area contributed by atoms with Crippen molar-refractivity contribution in [1.29, 1.82) is 0 Å². The van der Waals surface area contributed by atoms with Gasteiger partial charge in [0.1, 0.15) is 12.4 Å². The van der Waals surface area contributed by atoms with E-state index in [0.29, 0.717) is 11.4 Å². The molecular formula is C11H10BrNO3S. The summed E-state index contributed by atoms with van der Waals surface area (Å²) < 4.78 is 29.4. The summed E-state index contributed by atoms with van der Waals surface area (Å²) in [7, 11) is -3.37. The highest BCUT2D eigenvalue weighted by atomic mass is 79.9. The molecule has 0 bridgehead atoms. The minimum Gasteiger partial charge on any atom is -0.485 e. The molecule has 0 amide bonds. The second kappa shape index (κ2) is 4.62. The lowest BCUT2D eigenvalue weighted by Gasteiger charge is -2.07. The zero-order valence-corrected chi connectivity index (χ0v) is 11.5. The molecule has 2 rings (SSSR count). The van der Waals surface area contributed by atoms with Gasteiger partial charge in [-0.3, -0.25) is 0 Å². The average Bonchev–Trinajstić information content (AvgIpc) is 2.50. The van der Waals surface area contributed by atoms with Crippen LogP contribution < -0.4 is 4.74 Å². The Morgan fingerprint density at radius 3 is 2.65 bits per heavy atom. The summed E-state index contributed by atoms with van der Waals surface area (Å²) in [6.07, 6.45) is 0. The fraction of sp³-hybridized carbons (Fsp3) is 0.182. The van der Waals surface area contributed by atoms with Crippen LogP contribution in [0.5, 0.6) is 5.75 Å². The number of hydrogen-bond donors (Lipinski definition) is 0. The fourth-order valence-corrected chi connectivity index (χ4v) is 2.93. The molecule has 1 aliphatic heterocycles. The third-order valence-electron chi connectivity index (χ3n) is 2.14. The molecule has 1 aromatic carbocycles. The highest BCUT2D eigenvalue weighted by Crippen LogP contribution is 2.24. The quantitative estimate of drug-likeness (QED) is 0.861. The van der Waals surface area contributed by atoms with E-state index in [2.05, 4.69) is 20.9 Å². The van der Waals surface area contributed by atoms with Crippen molar-refractivity contribution in [2.24, 2.45) is 4.99 Å². The van der Waals surface area contributed by atoms with Gasteiger partial charge in [0.15, 0.2) is 5.04 Å². The fourth-order valence-electron chi connectivity index (χ4n) is 1.39. The van der Waals surface area contributed by atoms with Crippen molar-refractivity contribution in [2.45, 2.75) is 6.92 Å². The van der Waals surface area contributed by atoms with E-state index in [9.17, 15) is 8.42 Å². The summed E-state index contributed by atoms with van der Waals surface area (Å²) >= 11 is 3.32. The largest absolute Gasteiger partial charge is 0.485 e. The molecule has 0 spiro atoms. The van der Waals surface area contributed by atoms with Crippen LogP contribution in [0.25, 0.3) is 0 Å². The molecule has 0 atom stereocenters. The third kappa shape index (κ3) is 2.76. The van der Waals surface area contributed by atoms with Gasteiger partial charge in [0.25, 0.3) is 0 Å². The molecule has 17 heavy (non-hydrogen) atoms. The van der Waals surface area contributed by atoms with E-state index in [4.69, 9.17) is 4.74 Å². The number of rotatable bonds is 3. The van der Waals surface area contributed by atoms with Crippen LogP contribution in [0, 0.1) is 0 Å². The number of benzene rings is 1. The summed E-state index contributed by atoms with van der Waals surface area (Å²) in [6, 6.07) is 7.25. The van der Waals surface area contributed by atoms with Crippen molar-refractivity contribution in [2.75, 3.05) is 6.61 Å². The maximum Gasteiger partial charge on any atom is 0.218 e. The number of nitrogens with zero attached hydrogens (tertiary/aromatic N) is 1. The highest BCUT2D eigenvalue weighted by Gasteiger charge is 2.23. The molecule has 0 saturated carbocycles. The Kier molecular flexibility index (Phi) is 3.35. The minimum absolute atomic E-state index is 0.0470. The zero-order chi connectivity index (χ0) is 12.5. The van der Waals surface area contributed by atoms with Crippen LogP contribution in [0.1, 0.15) is 6.92 Å². The Hall–Kier alpha value is -1.14. The number of para-hydroxylation sites is 1. The molecule has 0 aliphatic carbocycles. The van der Waals surface area contributed by atoms with Crippen molar-refractivity contribution < 1.29 is 13.2 Å². The Labute approximate surface area is 108 Å². The van der Waals surface area contributed by atoms with E-state index < -0.39 is 9.84 Å². The molecular weight excluding hydrogens is 306 g/mol. The van der Waals surface area contributed by atoms with Crippen molar-refractivity contribution in [3.05, 3.63) is 39.8 Å². The van der Waals surface area contributed by atoms with Gasteiger partial charge in [0, 0.05) is 0 Å². The molecule has 0 fully saturated rings. The molecule has 0 radical (unpaired) electrons. The van der Waals surface area contributed by atoms with Crippen molar-refractivity contribution in [3.63, 3.8) is 0 Å².